The van der Waals surface area contributed by atoms with Crippen LogP contribution in [0.15, 0.2) is 47.4 Å². The lowest BCUT2D eigenvalue weighted by molar-refractivity contribution is -0.114. The summed E-state index contributed by atoms with van der Waals surface area (Å²) >= 11 is 1.66. The second kappa shape index (κ2) is 9.74. The maximum atomic E-state index is 12.3. The van der Waals surface area contributed by atoms with Crippen molar-refractivity contribution in [3.8, 4) is 0 Å². The lowest BCUT2D eigenvalue weighted by atomic mass is 10.1. The van der Waals surface area contributed by atoms with Crippen molar-refractivity contribution >= 4 is 35.1 Å². The van der Waals surface area contributed by atoms with Crippen molar-refractivity contribution in [3.05, 3.63) is 59.2 Å². The van der Waals surface area contributed by atoms with Crippen LogP contribution in [-0.2, 0) is 11.2 Å². The summed E-state index contributed by atoms with van der Waals surface area (Å²) in [5, 5.41) is 8.94. The number of carboxylic acid groups (broad SMARTS) is 1. The molecule has 2 aromatic rings. The van der Waals surface area contributed by atoms with Crippen molar-refractivity contribution in [2.24, 2.45) is 0 Å². The normalized spacial score (nSPS) is 13.1. The molecule has 1 amide bonds. The SMILES string of the molecule is CCCCCN1C(=O)C(=O)c2cc(SCCCc3ccc(C(=O)O)cc3)ccc21. The number of hydrogen-bond acceptors (Lipinski definition) is 4. The summed E-state index contributed by atoms with van der Waals surface area (Å²) in [6, 6.07) is 12.6. The summed E-state index contributed by atoms with van der Waals surface area (Å²) < 4.78 is 0. The average Bonchev–Trinajstić information content (AvgIpc) is 2.96. The Balaban J connectivity index is 1.54. The maximum Gasteiger partial charge on any atom is 0.335 e. The van der Waals surface area contributed by atoms with E-state index in [2.05, 4.69) is 6.92 Å². The molecule has 0 saturated carbocycles. The first-order valence-electron chi connectivity index (χ1n) is 9.96. The van der Waals surface area contributed by atoms with Gasteiger partial charge in [0.15, 0.2) is 0 Å². The predicted molar refractivity (Wildman–Crippen MR) is 115 cm³/mol. The van der Waals surface area contributed by atoms with Crippen LogP contribution in [-0.4, -0.2) is 35.1 Å². The predicted octanol–water partition coefficient (Wildman–Crippen LogP) is 4.83. The Bertz CT molecular complexity index is 908. The minimum Gasteiger partial charge on any atom is -0.478 e. The fourth-order valence-corrected chi connectivity index (χ4v) is 4.28. The van der Waals surface area contributed by atoms with Gasteiger partial charge in [0.05, 0.1) is 16.8 Å². The van der Waals surface area contributed by atoms with Gasteiger partial charge >= 0.3 is 5.97 Å². The van der Waals surface area contributed by atoms with Gasteiger partial charge < -0.3 is 10.0 Å². The molecule has 0 aromatic heterocycles. The summed E-state index contributed by atoms with van der Waals surface area (Å²) in [6.07, 6.45) is 4.81. The van der Waals surface area contributed by atoms with Gasteiger partial charge in [0.1, 0.15) is 0 Å². The van der Waals surface area contributed by atoms with Crippen LogP contribution in [0, 0.1) is 0 Å². The van der Waals surface area contributed by atoms with Gasteiger partial charge in [-0.05, 0) is 60.9 Å². The van der Waals surface area contributed by atoms with Crippen LogP contribution in [0.4, 0.5) is 5.69 Å². The molecule has 29 heavy (non-hydrogen) atoms. The van der Waals surface area contributed by atoms with E-state index in [1.54, 1.807) is 28.8 Å². The van der Waals surface area contributed by atoms with E-state index in [9.17, 15) is 14.4 Å². The van der Waals surface area contributed by atoms with Gasteiger partial charge in [0.25, 0.3) is 11.7 Å². The van der Waals surface area contributed by atoms with Gasteiger partial charge in [-0.1, -0.05) is 31.9 Å². The second-order valence-corrected chi connectivity index (χ2v) is 8.29. The standard InChI is InChI=1S/C23H25NO4S/c1-2-3-4-13-24-20-12-11-18(15-19(20)21(25)22(24)26)29-14-5-6-16-7-9-17(10-8-16)23(27)28/h7-12,15H,2-6,13-14H2,1H3,(H,27,28). The average molecular weight is 412 g/mol. The number of rotatable bonds is 10. The molecule has 0 radical (unpaired) electrons. The zero-order chi connectivity index (χ0) is 20.8. The molecular formula is C23H25NO4S. The molecule has 1 heterocycles. The van der Waals surface area contributed by atoms with Gasteiger partial charge in [-0.2, -0.15) is 0 Å². The molecule has 152 valence electrons. The van der Waals surface area contributed by atoms with E-state index < -0.39 is 17.7 Å². The Morgan fingerprint density at radius 1 is 1.03 bits per heavy atom. The molecule has 2 aromatic carbocycles. The van der Waals surface area contributed by atoms with Gasteiger partial charge in [-0.15, -0.1) is 11.8 Å². The highest BCUT2D eigenvalue weighted by atomic mass is 32.2. The van der Waals surface area contributed by atoms with Crippen molar-refractivity contribution < 1.29 is 19.5 Å². The first kappa shape index (κ1) is 21.1. The van der Waals surface area contributed by atoms with E-state index in [4.69, 9.17) is 5.11 Å². The van der Waals surface area contributed by atoms with Gasteiger partial charge in [-0.25, -0.2) is 4.79 Å². The van der Waals surface area contributed by atoms with Crippen molar-refractivity contribution in [1.82, 2.24) is 0 Å². The Morgan fingerprint density at radius 2 is 1.79 bits per heavy atom. The van der Waals surface area contributed by atoms with Gasteiger partial charge in [0.2, 0.25) is 0 Å². The molecule has 0 saturated heterocycles. The third-order valence-corrected chi connectivity index (χ3v) is 6.09. The summed E-state index contributed by atoms with van der Waals surface area (Å²) in [4.78, 5) is 38.1. The Morgan fingerprint density at radius 3 is 2.48 bits per heavy atom. The number of aryl methyl sites for hydroxylation is 1. The number of unbranched alkanes of at least 4 members (excludes halogenated alkanes) is 2. The van der Waals surface area contributed by atoms with Gasteiger partial charge in [-0.3, -0.25) is 9.59 Å². The molecule has 0 fully saturated rings. The highest BCUT2D eigenvalue weighted by molar-refractivity contribution is 7.99. The number of carbonyl (C=O) groups is 3. The quantitative estimate of drug-likeness (QED) is 0.344. The number of benzene rings is 2. The maximum absolute atomic E-state index is 12.3. The summed E-state index contributed by atoms with van der Waals surface area (Å²) in [6.45, 7) is 2.71. The highest BCUT2D eigenvalue weighted by Gasteiger charge is 2.35. The van der Waals surface area contributed by atoms with E-state index in [1.807, 2.05) is 30.3 Å². The lowest BCUT2D eigenvalue weighted by Gasteiger charge is -2.16. The fraction of sp³-hybridized carbons (Fsp3) is 0.348. The highest BCUT2D eigenvalue weighted by Crippen LogP contribution is 2.33. The monoisotopic (exact) mass is 411 g/mol. The zero-order valence-electron chi connectivity index (χ0n) is 16.5. The number of carboxylic acids is 1. The molecule has 0 atom stereocenters. The number of Topliss-reactive ketones (excluding diaryl/α,β-unsaturated/α-hetero) is 1. The Hall–Kier alpha value is -2.60. The summed E-state index contributed by atoms with van der Waals surface area (Å²) in [5.41, 5.74) is 2.65. The molecule has 0 bridgehead atoms. The van der Waals surface area contributed by atoms with Crippen LogP contribution < -0.4 is 4.90 Å². The third-order valence-electron chi connectivity index (χ3n) is 5.01. The number of ketones is 1. The molecule has 6 heteroatoms. The Labute approximate surface area is 175 Å². The van der Waals surface area contributed by atoms with Crippen LogP contribution in [0.1, 0.15) is 58.9 Å². The van der Waals surface area contributed by atoms with Crippen LogP contribution in [0.5, 0.6) is 0 Å². The Kier molecular flexibility index (Phi) is 7.09. The molecule has 1 aliphatic heterocycles. The van der Waals surface area contributed by atoms with Crippen LogP contribution >= 0.6 is 11.8 Å². The largest absolute Gasteiger partial charge is 0.478 e. The number of aromatic carboxylic acids is 1. The number of thioether (sulfide) groups is 1. The lowest BCUT2D eigenvalue weighted by Crippen LogP contribution is -2.30. The van der Waals surface area contributed by atoms with E-state index >= 15 is 0 Å². The van der Waals surface area contributed by atoms with Crippen molar-refractivity contribution in [2.45, 2.75) is 43.9 Å². The summed E-state index contributed by atoms with van der Waals surface area (Å²) in [5.74, 6) is -0.858. The van der Waals surface area contributed by atoms with Crippen LogP contribution in [0.2, 0.25) is 0 Å². The topological polar surface area (TPSA) is 74.7 Å². The van der Waals surface area contributed by atoms with E-state index in [0.29, 0.717) is 17.7 Å². The molecule has 5 nitrogen and oxygen atoms in total. The first-order chi connectivity index (χ1) is 14.0. The molecule has 1 aliphatic rings. The molecule has 0 spiro atoms. The molecule has 0 unspecified atom stereocenters. The van der Waals surface area contributed by atoms with E-state index in [-0.39, 0.29) is 0 Å². The number of anilines is 1. The van der Waals surface area contributed by atoms with Crippen LogP contribution in [0.3, 0.4) is 0 Å². The number of carbonyl (C=O) groups excluding carboxylic acids is 2. The molecular weight excluding hydrogens is 386 g/mol. The van der Waals surface area contributed by atoms with Crippen molar-refractivity contribution in [1.29, 1.82) is 0 Å². The molecule has 1 N–H and O–H groups in total. The van der Waals surface area contributed by atoms with Crippen molar-refractivity contribution in [2.75, 3.05) is 17.2 Å². The smallest absolute Gasteiger partial charge is 0.335 e. The van der Waals surface area contributed by atoms with Crippen molar-refractivity contribution in [3.63, 3.8) is 0 Å². The van der Waals surface area contributed by atoms with Crippen LogP contribution in [0.25, 0.3) is 0 Å². The third kappa shape index (κ3) is 5.07. The minimum absolute atomic E-state index is 0.296. The number of hydrogen-bond donors (Lipinski definition) is 1. The summed E-state index contributed by atoms with van der Waals surface area (Å²) in [7, 11) is 0. The number of amides is 1. The van der Waals surface area contributed by atoms with Gasteiger partial charge in [0, 0.05) is 11.4 Å². The fourth-order valence-electron chi connectivity index (χ4n) is 3.39. The zero-order valence-corrected chi connectivity index (χ0v) is 17.3. The molecule has 0 aliphatic carbocycles. The second-order valence-electron chi connectivity index (χ2n) is 7.13. The first-order valence-corrected chi connectivity index (χ1v) is 10.9. The van der Waals surface area contributed by atoms with E-state index in [0.717, 1.165) is 54.0 Å². The molecule has 3 rings (SSSR count). The number of nitrogens with zero attached hydrogens (tertiary/aromatic N) is 1. The number of fused-ring (bicyclic) bond motifs is 1. The minimum atomic E-state index is -0.916. The van der Waals surface area contributed by atoms with E-state index in [1.165, 1.54) is 0 Å².